The first-order chi connectivity index (χ1) is 7.92. The number of carbonyl (C=O) groups is 1. The fourth-order valence-corrected chi connectivity index (χ4v) is 1.62. The number of hydrogen-bond donors (Lipinski definition) is 1. The number of halogens is 2. The maximum atomic E-state index is 13.7. The first-order valence-corrected chi connectivity index (χ1v) is 5.14. The van der Waals surface area contributed by atoms with Gasteiger partial charge in [-0.2, -0.15) is 0 Å². The minimum absolute atomic E-state index is 0.0391. The van der Waals surface area contributed by atoms with Gasteiger partial charge in [0.15, 0.2) is 0 Å². The summed E-state index contributed by atoms with van der Waals surface area (Å²) in [6.45, 7) is 1.65. The lowest BCUT2D eigenvalue weighted by Crippen LogP contribution is -2.40. The third-order valence-corrected chi connectivity index (χ3v) is 2.80. The zero-order valence-electron chi connectivity index (χ0n) is 10.0. The van der Waals surface area contributed by atoms with Crippen LogP contribution >= 0.6 is 0 Å². The van der Waals surface area contributed by atoms with Crippen molar-refractivity contribution in [2.45, 2.75) is 18.9 Å². The Kier molecular flexibility index (Phi) is 4.17. The van der Waals surface area contributed by atoms with E-state index in [1.807, 2.05) is 0 Å². The van der Waals surface area contributed by atoms with Crippen LogP contribution in [0.25, 0.3) is 0 Å². The van der Waals surface area contributed by atoms with E-state index in [0.29, 0.717) is 0 Å². The highest BCUT2D eigenvalue weighted by molar-refractivity contribution is 5.71. The minimum Gasteiger partial charge on any atom is -0.469 e. The Hall–Kier alpha value is -1.49. The van der Waals surface area contributed by atoms with Crippen molar-refractivity contribution < 1.29 is 18.3 Å². The molecule has 1 unspecified atom stereocenters. The molecule has 0 aliphatic carbocycles. The van der Waals surface area contributed by atoms with E-state index in [2.05, 4.69) is 10.1 Å². The molecule has 0 aromatic heterocycles. The van der Waals surface area contributed by atoms with Gasteiger partial charge in [-0.1, -0.05) is 6.07 Å². The SMILES string of the molecule is CNC(C)(CC(=O)OC)c1ccc(F)cc1F. The van der Waals surface area contributed by atoms with Crippen molar-refractivity contribution >= 4 is 5.97 Å². The summed E-state index contributed by atoms with van der Waals surface area (Å²) in [5.41, 5.74) is -0.697. The second kappa shape index (κ2) is 5.23. The second-order valence-electron chi connectivity index (χ2n) is 3.96. The highest BCUT2D eigenvalue weighted by Gasteiger charge is 2.31. The average molecular weight is 243 g/mol. The summed E-state index contributed by atoms with van der Waals surface area (Å²) in [6, 6.07) is 3.28. The number of benzene rings is 1. The first kappa shape index (κ1) is 13.6. The van der Waals surface area contributed by atoms with Gasteiger partial charge >= 0.3 is 5.97 Å². The molecule has 0 saturated heterocycles. The lowest BCUT2D eigenvalue weighted by Gasteiger charge is -2.29. The van der Waals surface area contributed by atoms with E-state index in [0.717, 1.165) is 12.1 Å². The summed E-state index contributed by atoms with van der Waals surface area (Å²) >= 11 is 0. The average Bonchev–Trinajstić information content (AvgIpc) is 2.28. The van der Waals surface area contributed by atoms with Crippen molar-refractivity contribution in [1.29, 1.82) is 0 Å². The largest absolute Gasteiger partial charge is 0.469 e. The molecular formula is C12H15F2NO2. The molecule has 0 amide bonds. The van der Waals surface area contributed by atoms with E-state index in [4.69, 9.17) is 0 Å². The first-order valence-electron chi connectivity index (χ1n) is 5.14. The van der Waals surface area contributed by atoms with Gasteiger partial charge in [0.05, 0.1) is 19.1 Å². The smallest absolute Gasteiger partial charge is 0.307 e. The third-order valence-electron chi connectivity index (χ3n) is 2.80. The van der Waals surface area contributed by atoms with Gasteiger partial charge in [0.25, 0.3) is 0 Å². The van der Waals surface area contributed by atoms with E-state index in [1.54, 1.807) is 14.0 Å². The Morgan fingerprint density at radius 3 is 2.59 bits per heavy atom. The number of carbonyl (C=O) groups excluding carboxylic acids is 1. The van der Waals surface area contributed by atoms with Gasteiger partial charge in [-0.3, -0.25) is 4.79 Å². The number of ether oxygens (including phenoxy) is 1. The van der Waals surface area contributed by atoms with E-state index >= 15 is 0 Å². The molecule has 5 heteroatoms. The number of rotatable bonds is 4. The number of methoxy groups -OCH3 is 1. The maximum absolute atomic E-state index is 13.7. The van der Waals surface area contributed by atoms with Crippen LogP contribution in [0.2, 0.25) is 0 Å². The summed E-state index contributed by atoms with van der Waals surface area (Å²) < 4.78 is 31.0. The topological polar surface area (TPSA) is 38.3 Å². The molecular weight excluding hydrogens is 228 g/mol. The van der Waals surface area contributed by atoms with Crippen LogP contribution in [0.15, 0.2) is 18.2 Å². The molecule has 1 N–H and O–H groups in total. The Morgan fingerprint density at radius 2 is 2.12 bits per heavy atom. The van der Waals surface area contributed by atoms with Gasteiger partial charge in [0, 0.05) is 11.6 Å². The molecule has 94 valence electrons. The van der Waals surface area contributed by atoms with Crippen molar-refractivity contribution in [1.82, 2.24) is 5.32 Å². The molecule has 0 spiro atoms. The lowest BCUT2D eigenvalue weighted by atomic mass is 9.88. The standard InChI is InChI=1S/C12H15F2NO2/c1-12(15-2,7-11(16)17-3)9-5-4-8(13)6-10(9)14/h4-6,15H,7H2,1-3H3. The second-order valence-corrected chi connectivity index (χ2v) is 3.96. The quantitative estimate of drug-likeness (QED) is 0.821. The molecule has 1 rings (SSSR count). The summed E-state index contributed by atoms with van der Waals surface area (Å²) in [7, 11) is 2.87. The van der Waals surface area contributed by atoms with Crippen molar-refractivity contribution in [3.8, 4) is 0 Å². The molecule has 0 aliphatic rings. The molecule has 0 aliphatic heterocycles. The van der Waals surface area contributed by atoms with Gasteiger partial charge < -0.3 is 10.1 Å². The fourth-order valence-electron chi connectivity index (χ4n) is 1.62. The van der Waals surface area contributed by atoms with Crippen LogP contribution in [-0.4, -0.2) is 20.1 Å². The minimum atomic E-state index is -0.926. The summed E-state index contributed by atoms with van der Waals surface area (Å²) in [4.78, 5) is 11.3. The molecule has 0 bridgehead atoms. The molecule has 1 aromatic carbocycles. The Bertz CT molecular complexity index is 423. The molecule has 0 radical (unpaired) electrons. The predicted molar refractivity (Wildman–Crippen MR) is 59.4 cm³/mol. The molecule has 1 aromatic rings. The summed E-state index contributed by atoms with van der Waals surface area (Å²) in [5, 5.41) is 2.86. The fraction of sp³-hybridized carbons (Fsp3) is 0.417. The van der Waals surface area contributed by atoms with Crippen molar-refractivity contribution in [3.63, 3.8) is 0 Å². The molecule has 3 nitrogen and oxygen atoms in total. The van der Waals surface area contributed by atoms with Crippen LogP contribution in [0, 0.1) is 11.6 Å². The summed E-state index contributed by atoms with van der Waals surface area (Å²) in [6.07, 6.45) is -0.0391. The van der Waals surface area contributed by atoms with Gasteiger partial charge in [0.2, 0.25) is 0 Å². The van der Waals surface area contributed by atoms with E-state index < -0.39 is 23.1 Å². The highest BCUT2D eigenvalue weighted by Crippen LogP contribution is 2.27. The zero-order chi connectivity index (χ0) is 13.1. The van der Waals surface area contributed by atoms with Crippen molar-refractivity contribution in [2.75, 3.05) is 14.2 Å². The van der Waals surface area contributed by atoms with Crippen molar-refractivity contribution in [3.05, 3.63) is 35.4 Å². The van der Waals surface area contributed by atoms with Crippen LogP contribution < -0.4 is 5.32 Å². The lowest BCUT2D eigenvalue weighted by molar-refractivity contribution is -0.142. The number of hydrogen-bond acceptors (Lipinski definition) is 3. The third kappa shape index (κ3) is 3.00. The van der Waals surface area contributed by atoms with Gasteiger partial charge in [0.1, 0.15) is 11.6 Å². The van der Waals surface area contributed by atoms with Gasteiger partial charge in [-0.25, -0.2) is 8.78 Å². The molecule has 0 heterocycles. The van der Waals surface area contributed by atoms with E-state index in [1.165, 1.54) is 13.2 Å². The van der Waals surface area contributed by atoms with Gasteiger partial charge in [-0.05, 0) is 20.0 Å². The Balaban J connectivity index is 3.11. The zero-order valence-corrected chi connectivity index (χ0v) is 10.0. The monoisotopic (exact) mass is 243 g/mol. The maximum Gasteiger partial charge on any atom is 0.307 e. The highest BCUT2D eigenvalue weighted by atomic mass is 19.1. The van der Waals surface area contributed by atoms with Gasteiger partial charge in [-0.15, -0.1) is 0 Å². The Labute approximate surface area is 98.8 Å². The Morgan fingerprint density at radius 1 is 1.47 bits per heavy atom. The predicted octanol–water partition coefficient (Wildman–Crippen LogP) is 1.96. The van der Waals surface area contributed by atoms with Crippen LogP contribution in [-0.2, 0) is 15.1 Å². The van der Waals surface area contributed by atoms with E-state index in [-0.39, 0.29) is 12.0 Å². The number of nitrogens with one attached hydrogen (secondary N) is 1. The van der Waals surface area contributed by atoms with E-state index in [9.17, 15) is 13.6 Å². The van der Waals surface area contributed by atoms with Crippen LogP contribution in [0.5, 0.6) is 0 Å². The molecule has 0 saturated carbocycles. The normalized spacial score (nSPS) is 14.2. The van der Waals surface area contributed by atoms with Crippen LogP contribution in [0.3, 0.4) is 0 Å². The summed E-state index contributed by atoms with van der Waals surface area (Å²) in [5.74, 6) is -1.81. The molecule has 0 fully saturated rings. The van der Waals surface area contributed by atoms with Crippen LogP contribution in [0.1, 0.15) is 18.9 Å². The van der Waals surface area contributed by atoms with Crippen LogP contribution in [0.4, 0.5) is 8.78 Å². The molecule has 1 atom stereocenters. The molecule has 17 heavy (non-hydrogen) atoms. The van der Waals surface area contributed by atoms with Crippen molar-refractivity contribution in [2.24, 2.45) is 0 Å². The number of esters is 1.